The lowest BCUT2D eigenvalue weighted by Gasteiger charge is -2.15. The minimum absolute atomic E-state index is 0.929. The van der Waals surface area contributed by atoms with Crippen LogP contribution in [0.3, 0.4) is 0 Å². The number of hydrogen-bond donors (Lipinski definition) is 1. The van der Waals surface area contributed by atoms with Crippen LogP contribution in [-0.2, 0) is 0 Å². The van der Waals surface area contributed by atoms with Gasteiger partial charge in [-0.1, -0.05) is 18.2 Å². The van der Waals surface area contributed by atoms with Gasteiger partial charge in [-0.15, -0.1) is 0 Å². The zero-order valence-corrected chi connectivity index (χ0v) is 8.96. The molecule has 2 heterocycles. The van der Waals surface area contributed by atoms with Crippen LogP contribution >= 0.6 is 0 Å². The molecule has 0 spiro atoms. The van der Waals surface area contributed by atoms with Crippen LogP contribution in [0, 0.1) is 0 Å². The Bertz CT molecular complexity index is 565. The number of rotatable bonds is 2. The van der Waals surface area contributed by atoms with E-state index in [0.717, 1.165) is 17.2 Å². The summed E-state index contributed by atoms with van der Waals surface area (Å²) < 4.78 is 1.90. The zero-order valence-electron chi connectivity index (χ0n) is 8.96. The second kappa shape index (κ2) is 3.41. The van der Waals surface area contributed by atoms with Gasteiger partial charge in [0.25, 0.3) is 0 Å². The highest BCUT2D eigenvalue weighted by Gasteiger charge is 2.08. The maximum Gasteiger partial charge on any atom is 0.155 e. The number of H-pyrrole nitrogens is 1. The fraction of sp³-hybridized carbons (Fsp3) is 0.0833. The third-order valence-corrected chi connectivity index (χ3v) is 2.65. The first-order chi connectivity index (χ1) is 7.84. The van der Waals surface area contributed by atoms with E-state index in [2.05, 4.69) is 27.1 Å². The van der Waals surface area contributed by atoms with Gasteiger partial charge < -0.3 is 4.90 Å². The van der Waals surface area contributed by atoms with Gasteiger partial charge in [-0.3, -0.25) is 5.10 Å². The third kappa shape index (κ3) is 1.35. The molecule has 0 aliphatic rings. The third-order valence-electron chi connectivity index (χ3n) is 2.65. The number of anilines is 2. The van der Waals surface area contributed by atoms with E-state index in [0.29, 0.717) is 0 Å². The molecule has 0 bridgehead atoms. The minimum atomic E-state index is 0.929. The number of para-hydroxylation sites is 1. The highest BCUT2D eigenvalue weighted by molar-refractivity contribution is 5.61. The molecule has 1 aromatic carbocycles. The van der Waals surface area contributed by atoms with Gasteiger partial charge in [0.1, 0.15) is 0 Å². The number of aromatic nitrogens is 3. The lowest BCUT2D eigenvalue weighted by molar-refractivity contribution is 0.971. The Morgan fingerprint density at radius 2 is 2.00 bits per heavy atom. The number of aromatic amines is 1. The van der Waals surface area contributed by atoms with Crippen molar-refractivity contribution in [2.45, 2.75) is 0 Å². The zero-order chi connectivity index (χ0) is 11.0. The van der Waals surface area contributed by atoms with Crippen molar-refractivity contribution >= 4 is 17.2 Å². The Kier molecular flexibility index (Phi) is 1.93. The molecule has 80 valence electrons. The van der Waals surface area contributed by atoms with E-state index < -0.39 is 0 Å². The molecule has 0 saturated heterocycles. The molecule has 0 amide bonds. The molecule has 0 fully saturated rings. The maximum atomic E-state index is 4.51. The SMILES string of the molecule is CN(c1ccccc1)c1cn2[nH]ccc2n1. The van der Waals surface area contributed by atoms with Crippen LogP contribution in [0.15, 0.2) is 48.8 Å². The molecule has 3 aromatic rings. The van der Waals surface area contributed by atoms with Crippen molar-refractivity contribution in [3.63, 3.8) is 0 Å². The fourth-order valence-electron chi connectivity index (χ4n) is 1.74. The van der Waals surface area contributed by atoms with Crippen molar-refractivity contribution < 1.29 is 0 Å². The minimum Gasteiger partial charge on any atom is -0.328 e. The number of nitrogens with zero attached hydrogens (tertiary/aromatic N) is 3. The summed E-state index contributed by atoms with van der Waals surface area (Å²) in [5.41, 5.74) is 2.06. The molecule has 0 aliphatic heterocycles. The Morgan fingerprint density at radius 3 is 2.75 bits per heavy atom. The van der Waals surface area contributed by atoms with Gasteiger partial charge in [-0.05, 0) is 12.1 Å². The summed E-state index contributed by atoms with van der Waals surface area (Å²) in [5.74, 6) is 0.929. The molecule has 0 saturated carbocycles. The van der Waals surface area contributed by atoms with Crippen LogP contribution < -0.4 is 4.90 Å². The number of hydrogen-bond acceptors (Lipinski definition) is 2. The lowest BCUT2D eigenvalue weighted by atomic mass is 10.3. The van der Waals surface area contributed by atoms with Crippen molar-refractivity contribution in [2.75, 3.05) is 11.9 Å². The van der Waals surface area contributed by atoms with Crippen molar-refractivity contribution in [1.82, 2.24) is 14.6 Å². The van der Waals surface area contributed by atoms with Gasteiger partial charge in [0.05, 0.1) is 6.20 Å². The van der Waals surface area contributed by atoms with Crippen LogP contribution in [0.25, 0.3) is 5.65 Å². The summed E-state index contributed by atoms with van der Waals surface area (Å²) in [6.07, 6.45) is 3.84. The summed E-state index contributed by atoms with van der Waals surface area (Å²) >= 11 is 0. The van der Waals surface area contributed by atoms with Gasteiger partial charge in [-0.25, -0.2) is 9.50 Å². The second-order valence-electron chi connectivity index (χ2n) is 3.68. The Morgan fingerprint density at radius 1 is 1.19 bits per heavy atom. The molecule has 0 atom stereocenters. The van der Waals surface area contributed by atoms with Gasteiger partial charge in [0, 0.05) is 25.0 Å². The largest absolute Gasteiger partial charge is 0.328 e. The number of benzene rings is 1. The van der Waals surface area contributed by atoms with E-state index in [1.165, 1.54) is 0 Å². The van der Waals surface area contributed by atoms with Crippen molar-refractivity contribution in [1.29, 1.82) is 0 Å². The van der Waals surface area contributed by atoms with Gasteiger partial charge >= 0.3 is 0 Å². The van der Waals surface area contributed by atoms with Crippen LogP contribution in [0.2, 0.25) is 0 Å². The molecule has 3 rings (SSSR count). The van der Waals surface area contributed by atoms with Gasteiger partial charge in [0.2, 0.25) is 0 Å². The van der Waals surface area contributed by atoms with E-state index in [-0.39, 0.29) is 0 Å². The molecular formula is C12H12N4. The van der Waals surface area contributed by atoms with Crippen molar-refractivity contribution in [3.05, 3.63) is 48.8 Å². The summed E-state index contributed by atoms with van der Waals surface area (Å²) in [6, 6.07) is 12.1. The Balaban J connectivity index is 2.01. The van der Waals surface area contributed by atoms with Gasteiger partial charge in [0.15, 0.2) is 11.5 Å². The molecular weight excluding hydrogens is 200 g/mol. The Hall–Kier alpha value is -2.23. The van der Waals surface area contributed by atoms with Crippen molar-refractivity contribution in [2.24, 2.45) is 0 Å². The topological polar surface area (TPSA) is 36.3 Å². The first kappa shape index (κ1) is 9.03. The highest BCUT2D eigenvalue weighted by atomic mass is 15.3. The maximum absolute atomic E-state index is 4.51. The standard InChI is InChI=1S/C12H12N4/c1-15(10-5-3-2-4-6-10)12-9-16-11(14-12)7-8-13-16/h2-9,13H,1H3. The predicted molar refractivity (Wildman–Crippen MR) is 64.0 cm³/mol. The fourth-order valence-corrected chi connectivity index (χ4v) is 1.74. The number of nitrogens with one attached hydrogen (secondary N) is 1. The van der Waals surface area contributed by atoms with E-state index in [1.54, 1.807) is 0 Å². The van der Waals surface area contributed by atoms with E-state index in [4.69, 9.17) is 0 Å². The quantitative estimate of drug-likeness (QED) is 0.708. The summed E-state index contributed by atoms with van der Waals surface area (Å²) in [6.45, 7) is 0. The molecule has 0 unspecified atom stereocenters. The van der Waals surface area contributed by atoms with Gasteiger partial charge in [-0.2, -0.15) is 0 Å². The average molecular weight is 212 g/mol. The molecule has 2 aromatic heterocycles. The Labute approximate surface area is 93.1 Å². The molecule has 4 nitrogen and oxygen atoms in total. The molecule has 4 heteroatoms. The first-order valence-corrected chi connectivity index (χ1v) is 5.16. The normalized spacial score (nSPS) is 10.8. The molecule has 0 radical (unpaired) electrons. The van der Waals surface area contributed by atoms with E-state index in [9.17, 15) is 0 Å². The molecule has 0 aliphatic carbocycles. The highest BCUT2D eigenvalue weighted by Crippen LogP contribution is 2.21. The van der Waals surface area contributed by atoms with Crippen LogP contribution in [0.5, 0.6) is 0 Å². The molecule has 1 N–H and O–H groups in total. The first-order valence-electron chi connectivity index (χ1n) is 5.16. The van der Waals surface area contributed by atoms with E-state index in [1.807, 2.05) is 48.2 Å². The smallest absolute Gasteiger partial charge is 0.155 e. The average Bonchev–Trinajstić information content (AvgIpc) is 2.89. The summed E-state index contributed by atoms with van der Waals surface area (Å²) in [4.78, 5) is 6.56. The van der Waals surface area contributed by atoms with Crippen LogP contribution in [0.4, 0.5) is 11.5 Å². The second-order valence-corrected chi connectivity index (χ2v) is 3.68. The summed E-state index contributed by atoms with van der Waals surface area (Å²) in [7, 11) is 2.01. The summed E-state index contributed by atoms with van der Waals surface area (Å²) in [5, 5.41) is 3.07. The lowest BCUT2D eigenvalue weighted by Crippen LogP contribution is -2.09. The van der Waals surface area contributed by atoms with Crippen LogP contribution in [0.1, 0.15) is 0 Å². The predicted octanol–water partition coefficient (Wildman–Crippen LogP) is 2.43. The molecule has 16 heavy (non-hydrogen) atoms. The monoisotopic (exact) mass is 212 g/mol. The van der Waals surface area contributed by atoms with Crippen molar-refractivity contribution in [3.8, 4) is 0 Å². The van der Waals surface area contributed by atoms with E-state index >= 15 is 0 Å². The van der Waals surface area contributed by atoms with Crippen LogP contribution in [-0.4, -0.2) is 21.6 Å². The number of fused-ring (bicyclic) bond motifs is 1. The number of imidazole rings is 1.